The summed E-state index contributed by atoms with van der Waals surface area (Å²) in [5.74, 6) is 1.25. The number of aromatic nitrogens is 1. The fourth-order valence-electron chi connectivity index (χ4n) is 1.71. The molecule has 0 spiro atoms. The number of nitrogens with zero attached hydrogens (tertiary/aromatic N) is 1. The number of aliphatic hydroxyl groups is 1. The summed E-state index contributed by atoms with van der Waals surface area (Å²) >= 11 is 11.8. The minimum absolute atomic E-state index is 0.131. The van der Waals surface area contributed by atoms with Crippen LogP contribution in [0, 0.1) is 6.92 Å². The van der Waals surface area contributed by atoms with Crippen molar-refractivity contribution in [3.8, 4) is 5.75 Å². The summed E-state index contributed by atoms with van der Waals surface area (Å²) in [7, 11) is 0. The first-order valence-electron chi connectivity index (χ1n) is 6.43. The number of ether oxygens (including phenoxy) is 1. The average molecular weight is 331 g/mol. The van der Waals surface area contributed by atoms with Crippen molar-refractivity contribution in [3.63, 3.8) is 0 Å². The van der Waals surface area contributed by atoms with Crippen molar-refractivity contribution in [2.24, 2.45) is 0 Å². The van der Waals surface area contributed by atoms with Gasteiger partial charge in [0.25, 0.3) is 0 Å². The zero-order valence-electron chi connectivity index (χ0n) is 11.5. The highest BCUT2D eigenvalue weighted by atomic mass is 35.5. The molecule has 1 unspecified atom stereocenters. The van der Waals surface area contributed by atoms with E-state index in [0.29, 0.717) is 28.9 Å². The van der Waals surface area contributed by atoms with Gasteiger partial charge < -0.3 is 19.7 Å². The third kappa shape index (κ3) is 5.21. The van der Waals surface area contributed by atoms with Gasteiger partial charge in [0, 0.05) is 24.2 Å². The third-order valence-electron chi connectivity index (χ3n) is 2.69. The fraction of sp³-hybridized carbons (Fsp3) is 0.357. The highest BCUT2D eigenvalue weighted by Crippen LogP contribution is 2.27. The van der Waals surface area contributed by atoms with E-state index in [0.717, 1.165) is 11.5 Å². The first-order valence-corrected chi connectivity index (χ1v) is 7.19. The van der Waals surface area contributed by atoms with E-state index >= 15 is 0 Å². The molecule has 21 heavy (non-hydrogen) atoms. The molecule has 0 radical (unpaired) electrons. The van der Waals surface area contributed by atoms with Crippen LogP contribution in [0.3, 0.4) is 0 Å². The number of aryl methyl sites for hydroxylation is 1. The second-order valence-electron chi connectivity index (χ2n) is 4.60. The Labute approximate surface area is 132 Å². The van der Waals surface area contributed by atoms with Crippen LogP contribution in [0.4, 0.5) is 0 Å². The first-order chi connectivity index (χ1) is 10.0. The van der Waals surface area contributed by atoms with E-state index in [1.807, 2.05) is 13.0 Å². The molecule has 0 amide bonds. The second kappa shape index (κ2) is 7.66. The molecule has 1 heterocycles. The van der Waals surface area contributed by atoms with Crippen molar-refractivity contribution in [1.29, 1.82) is 0 Å². The van der Waals surface area contributed by atoms with Crippen LogP contribution in [0.1, 0.15) is 11.5 Å². The summed E-state index contributed by atoms with van der Waals surface area (Å²) in [6.07, 6.45) is -0.662. The molecule has 0 fully saturated rings. The zero-order valence-corrected chi connectivity index (χ0v) is 13.0. The van der Waals surface area contributed by atoms with E-state index < -0.39 is 6.10 Å². The maximum Gasteiger partial charge on any atom is 0.138 e. The van der Waals surface area contributed by atoms with Gasteiger partial charge in [-0.2, -0.15) is 0 Å². The van der Waals surface area contributed by atoms with Crippen LogP contribution in [-0.2, 0) is 6.54 Å². The predicted molar refractivity (Wildman–Crippen MR) is 80.9 cm³/mol. The Morgan fingerprint density at radius 1 is 1.38 bits per heavy atom. The van der Waals surface area contributed by atoms with Crippen molar-refractivity contribution in [1.82, 2.24) is 10.5 Å². The number of rotatable bonds is 7. The molecular formula is C14H16Cl2N2O3. The number of hydrogen-bond acceptors (Lipinski definition) is 5. The molecule has 0 saturated heterocycles. The monoisotopic (exact) mass is 330 g/mol. The smallest absolute Gasteiger partial charge is 0.138 e. The SMILES string of the molecule is Cc1cc(CNCC(O)COc2ccc(Cl)cc2Cl)no1. The van der Waals surface area contributed by atoms with E-state index in [4.69, 9.17) is 32.5 Å². The highest BCUT2D eigenvalue weighted by molar-refractivity contribution is 6.35. The van der Waals surface area contributed by atoms with Gasteiger partial charge in [-0.05, 0) is 25.1 Å². The van der Waals surface area contributed by atoms with Crippen molar-refractivity contribution in [2.75, 3.05) is 13.2 Å². The molecule has 114 valence electrons. The number of aliphatic hydroxyl groups excluding tert-OH is 1. The lowest BCUT2D eigenvalue weighted by Gasteiger charge is -2.13. The Bertz CT molecular complexity index is 589. The van der Waals surface area contributed by atoms with Crippen LogP contribution < -0.4 is 10.1 Å². The molecule has 2 N–H and O–H groups in total. The summed E-state index contributed by atoms with van der Waals surface area (Å²) in [4.78, 5) is 0. The summed E-state index contributed by atoms with van der Waals surface area (Å²) < 4.78 is 10.4. The lowest BCUT2D eigenvalue weighted by molar-refractivity contribution is 0.106. The van der Waals surface area contributed by atoms with Crippen molar-refractivity contribution in [3.05, 3.63) is 45.8 Å². The molecular weight excluding hydrogens is 315 g/mol. The Balaban J connectivity index is 1.70. The van der Waals surface area contributed by atoms with E-state index in [9.17, 15) is 5.11 Å². The number of nitrogens with one attached hydrogen (secondary N) is 1. The maximum atomic E-state index is 9.84. The Morgan fingerprint density at radius 2 is 2.19 bits per heavy atom. The van der Waals surface area contributed by atoms with Crippen LogP contribution in [0.5, 0.6) is 5.75 Å². The van der Waals surface area contributed by atoms with Gasteiger partial charge in [-0.25, -0.2) is 0 Å². The first kappa shape index (κ1) is 16.1. The number of halogens is 2. The van der Waals surface area contributed by atoms with Crippen molar-refractivity contribution < 1.29 is 14.4 Å². The lowest BCUT2D eigenvalue weighted by atomic mass is 10.3. The van der Waals surface area contributed by atoms with E-state index in [2.05, 4.69) is 10.5 Å². The quantitative estimate of drug-likeness (QED) is 0.817. The van der Waals surface area contributed by atoms with Gasteiger partial charge in [-0.1, -0.05) is 28.4 Å². The van der Waals surface area contributed by atoms with E-state index in [1.54, 1.807) is 18.2 Å². The summed E-state index contributed by atoms with van der Waals surface area (Å²) in [6, 6.07) is 6.78. The van der Waals surface area contributed by atoms with E-state index in [-0.39, 0.29) is 6.61 Å². The van der Waals surface area contributed by atoms with Crippen LogP contribution in [0.25, 0.3) is 0 Å². The van der Waals surface area contributed by atoms with Gasteiger partial charge >= 0.3 is 0 Å². The molecule has 0 aliphatic carbocycles. The largest absolute Gasteiger partial charge is 0.489 e. The van der Waals surface area contributed by atoms with Crippen molar-refractivity contribution in [2.45, 2.75) is 19.6 Å². The predicted octanol–water partition coefficient (Wildman–Crippen LogP) is 2.82. The maximum absolute atomic E-state index is 9.84. The van der Waals surface area contributed by atoms with Crippen LogP contribution >= 0.6 is 23.2 Å². The topological polar surface area (TPSA) is 67.5 Å². The normalized spacial score (nSPS) is 12.4. The molecule has 2 rings (SSSR count). The number of hydrogen-bond donors (Lipinski definition) is 2. The van der Waals surface area contributed by atoms with E-state index in [1.165, 1.54) is 0 Å². The van der Waals surface area contributed by atoms with Crippen LogP contribution in [-0.4, -0.2) is 29.5 Å². The van der Waals surface area contributed by atoms with Gasteiger partial charge in [0.05, 0.1) is 10.7 Å². The highest BCUT2D eigenvalue weighted by Gasteiger charge is 2.08. The molecule has 0 aliphatic heterocycles. The molecule has 7 heteroatoms. The summed E-state index contributed by atoms with van der Waals surface area (Å²) in [5.41, 5.74) is 0.793. The molecule has 1 aromatic carbocycles. The standard InChI is InChI=1S/C14H16Cl2N2O3/c1-9-4-11(18-21-9)6-17-7-12(19)8-20-14-3-2-10(15)5-13(14)16/h2-5,12,17,19H,6-8H2,1H3. The minimum atomic E-state index is -0.662. The molecule has 0 aliphatic rings. The van der Waals surface area contributed by atoms with Crippen molar-refractivity contribution >= 4 is 23.2 Å². The van der Waals surface area contributed by atoms with Gasteiger partial charge in [0.15, 0.2) is 0 Å². The fourth-order valence-corrected chi connectivity index (χ4v) is 2.17. The van der Waals surface area contributed by atoms with Gasteiger partial charge in [-0.3, -0.25) is 0 Å². The summed E-state index contributed by atoms with van der Waals surface area (Å²) in [6.45, 7) is 2.86. The Kier molecular flexibility index (Phi) is 5.87. The molecule has 1 atom stereocenters. The molecule has 0 bridgehead atoms. The third-order valence-corrected chi connectivity index (χ3v) is 3.22. The molecule has 5 nitrogen and oxygen atoms in total. The Morgan fingerprint density at radius 3 is 2.86 bits per heavy atom. The summed E-state index contributed by atoms with van der Waals surface area (Å²) in [5, 5.41) is 17.7. The van der Waals surface area contributed by atoms with Crippen LogP contribution in [0.15, 0.2) is 28.8 Å². The Hall–Kier alpha value is -1.27. The van der Waals surface area contributed by atoms with Gasteiger partial charge in [0.1, 0.15) is 24.2 Å². The number of benzene rings is 1. The molecule has 1 aromatic heterocycles. The molecule has 2 aromatic rings. The van der Waals surface area contributed by atoms with Gasteiger partial charge in [-0.15, -0.1) is 0 Å². The average Bonchev–Trinajstić information content (AvgIpc) is 2.83. The van der Waals surface area contributed by atoms with Gasteiger partial charge in [0.2, 0.25) is 0 Å². The lowest BCUT2D eigenvalue weighted by Crippen LogP contribution is -2.31. The minimum Gasteiger partial charge on any atom is -0.489 e. The second-order valence-corrected chi connectivity index (χ2v) is 5.44. The zero-order chi connectivity index (χ0) is 15.2. The van der Waals surface area contributed by atoms with Crippen LogP contribution in [0.2, 0.25) is 10.0 Å². The molecule has 0 saturated carbocycles.